The summed E-state index contributed by atoms with van der Waals surface area (Å²) in [5, 5.41) is 3.74. The topological polar surface area (TPSA) is 86.8 Å². The van der Waals surface area contributed by atoms with Gasteiger partial charge in [-0.05, 0) is 55.7 Å². The molecule has 1 aliphatic carbocycles. The summed E-state index contributed by atoms with van der Waals surface area (Å²) < 4.78 is 39.7. The number of nitrogens with one attached hydrogen (secondary N) is 1. The number of carbonyl (C=O) groups excluding carboxylic acids is 2. The Bertz CT molecular complexity index is 1210. The molecule has 0 unspecified atom stereocenters. The van der Waals surface area contributed by atoms with Crippen molar-refractivity contribution in [3.63, 3.8) is 0 Å². The van der Waals surface area contributed by atoms with E-state index in [-0.39, 0.29) is 24.2 Å². The minimum Gasteiger partial charge on any atom is -0.352 e. The van der Waals surface area contributed by atoms with E-state index in [1.165, 1.54) is 29.2 Å². The Balaban J connectivity index is 1.90. The minimum atomic E-state index is -3.94. The lowest BCUT2D eigenvalue weighted by Gasteiger charge is -2.33. The van der Waals surface area contributed by atoms with Crippen molar-refractivity contribution < 1.29 is 22.4 Å². The largest absolute Gasteiger partial charge is 0.352 e. The number of carbonyl (C=O) groups is 2. The normalized spacial score (nSPS) is 15.2. The van der Waals surface area contributed by atoms with Crippen LogP contribution in [0, 0.1) is 5.82 Å². The number of rotatable bonds is 9. The van der Waals surface area contributed by atoms with E-state index in [1.807, 2.05) is 0 Å². The molecule has 11 heteroatoms. The molecule has 1 fully saturated rings. The highest BCUT2D eigenvalue weighted by atomic mass is 35.5. The van der Waals surface area contributed by atoms with Crippen LogP contribution in [0.4, 0.5) is 10.1 Å². The van der Waals surface area contributed by atoms with E-state index >= 15 is 0 Å². The molecule has 0 radical (unpaired) electrons. The Hall–Kier alpha value is -2.36. The van der Waals surface area contributed by atoms with E-state index in [4.69, 9.17) is 23.2 Å². The molecule has 0 spiro atoms. The quantitative estimate of drug-likeness (QED) is 0.481. The van der Waals surface area contributed by atoms with Crippen molar-refractivity contribution in [3.05, 3.63) is 63.9 Å². The van der Waals surface area contributed by atoms with Gasteiger partial charge in [-0.15, -0.1) is 0 Å². The number of hydrogen-bond donors (Lipinski definition) is 1. The van der Waals surface area contributed by atoms with Crippen molar-refractivity contribution in [2.45, 2.75) is 57.7 Å². The SMILES string of the molecule is C[C@@H](C(=O)NC1CCCCC1)N(Cc1ccc(Cl)cc1Cl)C(=O)CN(c1cccc(F)c1)S(C)(=O)=O. The number of amides is 2. The number of halogens is 3. The van der Waals surface area contributed by atoms with E-state index in [1.54, 1.807) is 19.1 Å². The molecule has 0 aromatic heterocycles. The Morgan fingerprint density at radius 2 is 1.81 bits per heavy atom. The molecule has 36 heavy (non-hydrogen) atoms. The number of anilines is 1. The summed E-state index contributed by atoms with van der Waals surface area (Å²) in [5.41, 5.74) is 0.554. The van der Waals surface area contributed by atoms with Crippen LogP contribution in [0.25, 0.3) is 0 Å². The summed E-state index contributed by atoms with van der Waals surface area (Å²) in [6.07, 6.45) is 5.86. The van der Waals surface area contributed by atoms with Gasteiger partial charge in [0.05, 0.1) is 11.9 Å². The van der Waals surface area contributed by atoms with Crippen molar-refractivity contribution in [1.29, 1.82) is 0 Å². The molecule has 0 saturated heterocycles. The first-order valence-corrected chi connectivity index (χ1v) is 14.3. The zero-order valence-corrected chi connectivity index (χ0v) is 22.5. The number of nitrogens with zero attached hydrogens (tertiary/aromatic N) is 2. The molecule has 2 aromatic carbocycles. The van der Waals surface area contributed by atoms with Crippen LogP contribution in [0.3, 0.4) is 0 Å². The molecule has 7 nitrogen and oxygen atoms in total. The zero-order valence-electron chi connectivity index (χ0n) is 20.2. The summed E-state index contributed by atoms with van der Waals surface area (Å²) in [4.78, 5) is 28.0. The minimum absolute atomic E-state index is 0.00892. The highest BCUT2D eigenvalue weighted by Crippen LogP contribution is 2.25. The van der Waals surface area contributed by atoms with Crippen molar-refractivity contribution in [2.24, 2.45) is 0 Å². The third-order valence-corrected chi connectivity index (χ3v) is 7.98. The van der Waals surface area contributed by atoms with Crippen LogP contribution in [0.1, 0.15) is 44.6 Å². The Labute approximate surface area is 221 Å². The molecular weight excluding hydrogens is 528 g/mol. The van der Waals surface area contributed by atoms with Crippen LogP contribution >= 0.6 is 23.2 Å². The lowest BCUT2D eigenvalue weighted by atomic mass is 9.95. The van der Waals surface area contributed by atoms with Crippen molar-refractivity contribution >= 4 is 50.7 Å². The van der Waals surface area contributed by atoms with Gasteiger partial charge in [0.15, 0.2) is 0 Å². The highest BCUT2D eigenvalue weighted by Gasteiger charge is 2.31. The van der Waals surface area contributed by atoms with E-state index in [0.29, 0.717) is 15.6 Å². The van der Waals surface area contributed by atoms with E-state index in [9.17, 15) is 22.4 Å². The third kappa shape index (κ3) is 7.57. The molecule has 0 bridgehead atoms. The highest BCUT2D eigenvalue weighted by molar-refractivity contribution is 7.92. The van der Waals surface area contributed by atoms with Crippen molar-refractivity contribution in [3.8, 4) is 0 Å². The van der Waals surface area contributed by atoms with Crippen LogP contribution in [-0.4, -0.2) is 50.0 Å². The molecule has 1 aliphatic rings. The lowest BCUT2D eigenvalue weighted by Crippen LogP contribution is -2.53. The van der Waals surface area contributed by atoms with Gasteiger partial charge in [0.1, 0.15) is 18.4 Å². The number of hydrogen-bond acceptors (Lipinski definition) is 4. The van der Waals surface area contributed by atoms with Crippen molar-refractivity contribution in [1.82, 2.24) is 10.2 Å². The number of sulfonamides is 1. The zero-order chi connectivity index (χ0) is 26.5. The predicted octanol–water partition coefficient (Wildman–Crippen LogP) is 4.76. The lowest BCUT2D eigenvalue weighted by molar-refractivity contribution is -0.139. The molecule has 2 aromatic rings. The van der Waals surface area contributed by atoms with Gasteiger partial charge in [-0.25, -0.2) is 12.8 Å². The van der Waals surface area contributed by atoms with Crippen LogP contribution in [0.2, 0.25) is 10.0 Å². The van der Waals surface area contributed by atoms with E-state index < -0.39 is 34.3 Å². The Morgan fingerprint density at radius 1 is 1.11 bits per heavy atom. The van der Waals surface area contributed by atoms with Gasteiger partial charge in [0, 0.05) is 22.6 Å². The van der Waals surface area contributed by atoms with Gasteiger partial charge in [-0.3, -0.25) is 13.9 Å². The van der Waals surface area contributed by atoms with Gasteiger partial charge in [0.25, 0.3) is 0 Å². The second kappa shape index (κ2) is 12.3. The maximum atomic E-state index is 13.8. The Morgan fingerprint density at radius 3 is 2.42 bits per heavy atom. The third-order valence-electron chi connectivity index (χ3n) is 6.25. The van der Waals surface area contributed by atoms with E-state index in [2.05, 4.69) is 5.32 Å². The summed E-state index contributed by atoms with van der Waals surface area (Å²) in [7, 11) is -3.94. The molecule has 2 amide bonds. The summed E-state index contributed by atoms with van der Waals surface area (Å²) in [6, 6.07) is 8.89. The van der Waals surface area contributed by atoms with Gasteiger partial charge in [0.2, 0.25) is 21.8 Å². The second-order valence-corrected chi connectivity index (χ2v) is 11.8. The summed E-state index contributed by atoms with van der Waals surface area (Å²) in [5.74, 6) is -1.61. The monoisotopic (exact) mass is 557 g/mol. The molecular formula is C25H30Cl2FN3O4S. The van der Waals surface area contributed by atoms with Crippen LogP contribution in [0.5, 0.6) is 0 Å². The first kappa shape index (κ1) is 28.2. The Kier molecular flexibility index (Phi) is 9.60. The second-order valence-electron chi connectivity index (χ2n) is 9.03. The first-order valence-electron chi connectivity index (χ1n) is 11.7. The number of benzene rings is 2. The standard InChI is InChI=1S/C25H30Cl2FN3O4S/c1-17(25(33)29-21-8-4-3-5-9-21)30(15-18-11-12-19(26)13-23(18)27)24(32)16-31(36(2,34)35)22-10-6-7-20(28)14-22/h6-7,10-14,17,21H,3-5,8-9,15-16H2,1-2H3,(H,29,33)/t17-/m0/s1. The van der Waals surface area contributed by atoms with Crippen LogP contribution < -0.4 is 9.62 Å². The maximum Gasteiger partial charge on any atom is 0.244 e. The summed E-state index contributed by atoms with van der Waals surface area (Å²) in [6.45, 7) is 0.927. The average molecular weight is 559 g/mol. The summed E-state index contributed by atoms with van der Waals surface area (Å²) >= 11 is 12.3. The fourth-order valence-electron chi connectivity index (χ4n) is 4.23. The molecule has 0 heterocycles. The van der Waals surface area contributed by atoms with Gasteiger partial charge >= 0.3 is 0 Å². The molecule has 3 rings (SSSR count). The van der Waals surface area contributed by atoms with Gasteiger partial charge in [-0.2, -0.15) is 0 Å². The molecule has 1 N–H and O–H groups in total. The average Bonchev–Trinajstić information content (AvgIpc) is 2.81. The smallest absolute Gasteiger partial charge is 0.244 e. The molecule has 1 atom stereocenters. The van der Waals surface area contributed by atoms with Crippen LogP contribution in [0.15, 0.2) is 42.5 Å². The fourth-order valence-corrected chi connectivity index (χ4v) is 5.54. The molecule has 196 valence electrons. The van der Waals surface area contributed by atoms with E-state index in [0.717, 1.165) is 48.7 Å². The maximum absolute atomic E-state index is 13.8. The van der Waals surface area contributed by atoms with Gasteiger partial charge in [-0.1, -0.05) is 54.6 Å². The first-order chi connectivity index (χ1) is 17.0. The predicted molar refractivity (Wildman–Crippen MR) is 140 cm³/mol. The van der Waals surface area contributed by atoms with Gasteiger partial charge < -0.3 is 10.2 Å². The van der Waals surface area contributed by atoms with Crippen LogP contribution in [-0.2, 0) is 26.2 Å². The fraction of sp³-hybridized carbons (Fsp3) is 0.440. The molecule has 1 saturated carbocycles. The molecule has 0 aliphatic heterocycles. The van der Waals surface area contributed by atoms with Crippen molar-refractivity contribution in [2.75, 3.05) is 17.1 Å².